The molecule has 156 valence electrons. The first-order chi connectivity index (χ1) is 15.0. The predicted octanol–water partition coefficient (Wildman–Crippen LogP) is 5.59. The molecule has 0 aromatic heterocycles. The molecule has 4 rings (SSSR count). The van der Waals surface area contributed by atoms with Crippen LogP contribution in [0.15, 0.2) is 69.7 Å². The van der Waals surface area contributed by atoms with Gasteiger partial charge >= 0.3 is 0 Å². The fraction of sp³-hybridized carbons (Fsp3) is 0.167. The number of methoxy groups -OCH3 is 1. The number of nitrogens with zero attached hydrogens (tertiary/aromatic N) is 1. The molecular weight excluding hydrogens is 476 g/mol. The average Bonchev–Trinajstić information content (AvgIpc) is 2.78. The van der Waals surface area contributed by atoms with Gasteiger partial charge in [-0.15, -0.1) is 11.8 Å². The van der Waals surface area contributed by atoms with Crippen LogP contribution in [0.2, 0.25) is 0 Å². The lowest BCUT2D eigenvalue weighted by Gasteiger charge is -2.26. The van der Waals surface area contributed by atoms with Crippen molar-refractivity contribution >= 4 is 44.4 Å². The summed E-state index contributed by atoms with van der Waals surface area (Å²) < 4.78 is 5.70. The zero-order chi connectivity index (χ0) is 22.0. The van der Waals surface area contributed by atoms with Crippen molar-refractivity contribution in [2.45, 2.75) is 18.1 Å². The first kappa shape index (κ1) is 21.3. The maximum absolute atomic E-state index is 12.5. The lowest BCUT2D eigenvalue weighted by atomic mass is 9.87. The topological polar surface area (TPSA) is 82.3 Å². The third-order valence-corrected chi connectivity index (χ3v) is 6.95. The number of thioether (sulfide) groups is 1. The molecule has 0 radical (unpaired) electrons. The lowest BCUT2D eigenvalue weighted by molar-refractivity contribution is -0.120. The van der Waals surface area contributed by atoms with Crippen LogP contribution in [-0.4, -0.2) is 18.1 Å². The minimum absolute atomic E-state index is 0.0143. The van der Waals surface area contributed by atoms with E-state index in [9.17, 15) is 15.2 Å². The molecule has 3 aromatic carbocycles. The number of phenolic OH excluding ortho intramolecular Hbond substituents is 1. The molecular formula is C24H19BrN2O3S. The summed E-state index contributed by atoms with van der Waals surface area (Å²) in [5.41, 5.74) is 2.37. The molecule has 1 amide bonds. The van der Waals surface area contributed by atoms with Gasteiger partial charge in [-0.3, -0.25) is 4.79 Å². The summed E-state index contributed by atoms with van der Waals surface area (Å²) in [5, 5.41) is 25.8. The highest BCUT2D eigenvalue weighted by atomic mass is 79.9. The SMILES string of the molecule is COc1cc(C2CC(=O)NC(SCc3cccc4ccccc34)=C2C#N)cc(Br)c1O. The molecule has 1 aliphatic heterocycles. The number of nitriles is 1. The van der Waals surface area contributed by atoms with Crippen LogP contribution in [0.1, 0.15) is 23.5 Å². The van der Waals surface area contributed by atoms with E-state index < -0.39 is 5.92 Å². The molecule has 31 heavy (non-hydrogen) atoms. The number of carbonyl (C=O) groups excluding carboxylic acids is 1. The van der Waals surface area contributed by atoms with Gasteiger partial charge in [0.1, 0.15) is 0 Å². The molecule has 0 spiro atoms. The Hall–Kier alpha value is -2.95. The summed E-state index contributed by atoms with van der Waals surface area (Å²) >= 11 is 4.78. The molecule has 1 unspecified atom stereocenters. The summed E-state index contributed by atoms with van der Waals surface area (Å²) in [7, 11) is 1.46. The van der Waals surface area contributed by atoms with Gasteiger partial charge in [0.05, 0.1) is 28.3 Å². The number of hydrogen-bond donors (Lipinski definition) is 2. The van der Waals surface area contributed by atoms with E-state index in [0.29, 0.717) is 20.8 Å². The van der Waals surface area contributed by atoms with Gasteiger partial charge in [-0.25, -0.2) is 0 Å². The van der Waals surface area contributed by atoms with Crippen molar-refractivity contribution < 1.29 is 14.6 Å². The molecule has 0 saturated heterocycles. The Balaban J connectivity index is 1.69. The number of rotatable bonds is 5. The first-order valence-corrected chi connectivity index (χ1v) is 11.4. The van der Waals surface area contributed by atoms with Crippen molar-refractivity contribution in [1.29, 1.82) is 5.26 Å². The van der Waals surface area contributed by atoms with Crippen molar-refractivity contribution in [1.82, 2.24) is 5.32 Å². The Kier molecular flexibility index (Phi) is 6.21. The first-order valence-electron chi connectivity index (χ1n) is 9.61. The number of halogens is 1. The molecule has 1 heterocycles. The molecule has 2 N–H and O–H groups in total. The van der Waals surface area contributed by atoms with E-state index >= 15 is 0 Å². The molecule has 3 aromatic rings. The van der Waals surface area contributed by atoms with Crippen molar-refractivity contribution in [2.75, 3.05) is 7.11 Å². The van der Waals surface area contributed by atoms with E-state index in [1.807, 2.05) is 18.2 Å². The monoisotopic (exact) mass is 494 g/mol. The zero-order valence-corrected chi connectivity index (χ0v) is 19.1. The number of aromatic hydroxyl groups is 1. The van der Waals surface area contributed by atoms with E-state index in [2.05, 4.69) is 51.6 Å². The summed E-state index contributed by atoms with van der Waals surface area (Å²) in [6, 6.07) is 20.0. The fourth-order valence-corrected chi connectivity index (χ4v) is 5.28. The summed E-state index contributed by atoms with van der Waals surface area (Å²) in [6.45, 7) is 0. The van der Waals surface area contributed by atoms with E-state index in [1.54, 1.807) is 12.1 Å². The third-order valence-electron chi connectivity index (χ3n) is 5.28. The van der Waals surface area contributed by atoms with E-state index in [1.165, 1.54) is 18.9 Å². The Labute approximate surface area is 192 Å². The van der Waals surface area contributed by atoms with E-state index in [4.69, 9.17) is 4.74 Å². The number of fused-ring (bicyclic) bond motifs is 1. The van der Waals surface area contributed by atoms with Gasteiger partial charge in [0.25, 0.3) is 0 Å². The fourth-order valence-electron chi connectivity index (χ4n) is 3.74. The summed E-state index contributed by atoms with van der Waals surface area (Å²) in [4.78, 5) is 12.5. The van der Waals surface area contributed by atoms with Crippen LogP contribution in [-0.2, 0) is 10.5 Å². The highest BCUT2D eigenvalue weighted by Crippen LogP contribution is 2.42. The quantitative estimate of drug-likeness (QED) is 0.483. The molecule has 5 nitrogen and oxygen atoms in total. The van der Waals surface area contributed by atoms with Crippen molar-refractivity contribution in [3.63, 3.8) is 0 Å². The predicted molar refractivity (Wildman–Crippen MR) is 126 cm³/mol. The van der Waals surface area contributed by atoms with Gasteiger partial charge in [0.2, 0.25) is 5.91 Å². The number of nitrogens with one attached hydrogen (secondary N) is 1. The standard InChI is InChI=1S/C24H19BrN2O3S/c1-30-21-10-16(9-20(25)23(21)29)18-11-22(28)27-24(19(18)12-26)31-13-15-7-4-6-14-5-2-3-8-17(14)15/h2-10,18,29H,11,13H2,1H3,(H,27,28). The van der Waals surface area contributed by atoms with E-state index in [0.717, 1.165) is 21.9 Å². The molecule has 0 bridgehead atoms. The van der Waals surface area contributed by atoms with Gasteiger partial charge in [-0.2, -0.15) is 5.26 Å². The van der Waals surface area contributed by atoms with Crippen molar-refractivity contribution in [2.24, 2.45) is 0 Å². The average molecular weight is 495 g/mol. The minimum Gasteiger partial charge on any atom is -0.503 e. The van der Waals surface area contributed by atoms with Crippen LogP contribution in [0.4, 0.5) is 0 Å². The number of hydrogen-bond acceptors (Lipinski definition) is 5. The molecule has 7 heteroatoms. The van der Waals surface area contributed by atoms with Gasteiger partial charge in [-0.1, -0.05) is 42.5 Å². The Morgan fingerprint density at radius 3 is 2.81 bits per heavy atom. The number of phenols is 1. The Bertz CT molecular complexity index is 1240. The Morgan fingerprint density at radius 1 is 1.26 bits per heavy atom. The maximum atomic E-state index is 12.5. The van der Waals surface area contributed by atoms with E-state index in [-0.39, 0.29) is 23.8 Å². The normalized spacial score (nSPS) is 16.2. The third kappa shape index (κ3) is 4.27. The largest absolute Gasteiger partial charge is 0.503 e. The van der Waals surface area contributed by atoms with Gasteiger partial charge < -0.3 is 15.2 Å². The molecule has 1 atom stereocenters. The smallest absolute Gasteiger partial charge is 0.225 e. The van der Waals surface area contributed by atoms with Crippen LogP contribution >= 0.6 is 27.7 Å². The zero-order valence-electron chi connectivity index (χ0n) is 16.7. The highest BCUT2D eigenvalue weighted by Gasteiger charge is 2.30. The minimum atomic E-state index is -0.417. The summed E-state index contributed by atoms with van der Waals surface area (Å²) in [5.74, 6) is 0.335. The van der Waals surface area contributed by atoms with Crippen LogP contribution in [0, 0.1) is 11.3 Å². The molecule has 0 aliphatic carbocycles. The molecule has 1 aliphatic rings. The highest BCUT2D eigenvalue weighted by molar-refractivity contribution is 9.10. The van der Waals surface area contributed by atoms with Crippen LogP contribution < -0.4 is 10.1 Å². The van der Waals surface area contributed by atoms with Crippen LogP contribution in [0.3, 0.4) is 0 Å². The number of ether oxygens (including phenoxy) is 1. The molecule has 0 saturated carbocycles. The van der Waals surface area contributed by atoms with Crippen molar-refractivity contribution in [3.8, 4) is 17.6 Å². The Morgan fingerprint density at radius 2 is 2.03 bits per heavy atom. The number of amides is 1. The van der Waals surface area contributed by atoms with Gasteiger partial charge in [0, 0.05) is 18.1 Å². The number of benzene rings is 3. The second-order valence-electron chi connectivity index (χ2n) is 7.14. The lowest BCUT2D eigenvalue weighted by Crippen LogP contribution is -2.30. The second kappa shape index (κ2) is 9.04. The second-order valence-corrected chi connectivity index (χ2v) is 8.98. The maximum Gasteiger partial charge on any atom is 0.225 e. The molecule has 0 fully saturated rings. The number of allylic oxidation sites excluding steroid dienone is 1. The van der Waals surface area contributed by atoms with Crippen LogP contribution in [0.5, 0.6) is 11.5 Å². The number of carbonyl (C=O) groups is 1. The van der Waals surface area contributed by atoms with Gasteiger partial charge in [0.15, 0.2) is 11.5 Å². The van der Waals surface area contributed by atoms with Crippen LogP contribution in [0.25, 0.3) is 10.8 Å². The van der Waals surface area contributed by atoms with Gasteiger partial charge in [-0.05, 0) is 50.0 Å². The van der Waals surface area contributed by atoms with Crippen molar-refractivity contribution in [3.05, 3.63) is 80.8 Å². The summed E-state index contributed by atoms with van der Waals surface area (Å²) in [6.07, 6.45) is 0.154.